The molecule has 3 nitrogen and oxygen atoms in total. The number of benzene rings is 8. The first kappa shape index (κ1) is 29.1. The molecule has 0 amide bonds. The Labute approximate surface area is 295 Å². The number of anilines is 3. The molecule has 0 aliphatic heterocycles. The minimum absolute atomic E-state index is 0.854. The van der Waals surface area contributed by atoms with Crippen LogP contribution in [0.15, 0.2) is 197 Å². The molecule has 0 atom stereocenters. The number of fused-ring (bicyclic) bond motifs is 7. The van der Waals surface area contributed by atoms with E-state index >= 15 is 0 Å². The maximum Gasteiger partial charge on any atom is 0.144 e. The van der Waals surface area contributed by atoms with Crippen LogP contribution in [0.1, 0.15) is 0 Å². The first-order chi connectivity index (χ1) is 25.3. The molecule has 0 aliphatic rings. The van der Waals surface area contributed by atoms with E-state index in [1.165, 1.54) is 11.1 Å². The summed E-state index contributed by atoms with van der Waals surface area (Å²) in [5, 5.41) is 4.36. The van der Waals surface area contributed by atoms with Gasteiger partial charge in [-0.25, -0.2) is 0 Å². The molecule has 0 unspecified atom stereocenters. The van der Waals surface area contributed by atoms with E-state index in [-0.39, 0.29) is 0 Å². The van der Waals surface area contributed by atoms with E-state index in [1.807, 2.05) is 24.3 Å². The Morgan fingerprint density at radius 2 is 0.843 bits per heavy atom. The molecule has 0 fully saturated rings. The van der Waals surface area contributed by atoms with Crippen LogP contribution in [0.3, 0.4) is 0 Å². The molecule has 0 N–H and O–H groups in total. The van der Waals surface area contributed by atoms with Gasteiger partial charge in [0.2, 0.25) is 0 Å². The standard InChI is InChI=1S/C48H31NO2/c1-3-13-32(14-4-1)33-23-25-34(26-24-33)38-17-7-10-20-42(38)49(36-15-5-2-6-16-36)37-29-27-35(28-30-37)41-31-45-46(39-18-8-11-21-43(39)50-45)47-40-19-9-12-22-44(40)51-48(41)47/h1-31H. The van der Waals surface area contributed by atoms with Crippen LogP contribution < -0.4 is 4.90 Å². The number of furan rings is 2. The summed E-state index contributed by atoms with van der Waals surface area (Å²) < 4.78 is 13.1. The van der Waals surface area contributed by atoms with Crippen molar-refractivity contribution in [3.8, 4) is 33.4 Å². The maximum absolute atomic E-state index is 6.63. The van der Waals surface area contributed by atoms with Crippen LogP contribution in [-0.4, -0.2) is 0 Å². The van der Waals surface area contributed by atoms with Crippen LogP contribution in [-0.2, 0) is 0 Å². The monoisotopic (exact) mass is 653 g/mol. The van der Waals surface area contributed by atoms with Crippen molar-refractivity contribution in [2.45, 2.75) is 0 Å². The molecular formula is C48H31NO2. The molecule has 0 bridgehead atoms. The van der Waals surface area contributed by atoms with Crippen LogP contribution in [0.4, 0.5) is 17.1 Å². The maximum atomic E-state index is 6.63. The molecule has 240 valence electrons. The second kappa shape index (κ2) is 11.9. The molecule has 0 saturated heterocycles. The number of nitrogens with zero attached hydrogens (tertiary/aromatic N) is 1. The van der Waals surface area contributed by atoms with Crippen molar-refractivity contribution in [3.05, 3.63) is 188 Å². The van der Waals surface area contributed by atoms with Crippen molar-refractivity contribution in [2.24, 2.45) is 0 Å². The van der Waals surface area contributed by atoms with Gasteiger partial charge in [-0.15, -0.1) is 0 Å². The lowest BCUT2D eigenvalue weighted by molar-refractivity contribution is 0.664. The van der Waals surface area contributed by atoms with Gasteiger partial charge in [-0.2, -0.15) is 0 Å². The van der Waals surface area contributed by atoms with Gasteiger partial charge in [0.05, 0.1) is 5.69 Å². The van der Waals surface area contributed by atoms with Crippen molar-refractivity contribution in [2.75, 3.05) is 4.90 Å². The Morgan fingerprint density at radius 3 is 1.59 bits per heavy atom. The Bertz CT molecular complexity index is 2830. The fraction of sp³-hybridized carbons (Fsp3) is 0. The van der Waals surface area contributed by atoms with Gasteiger partial charge in [-0.1, -0.05) is 140 Å². The lowest BCUT2D eigenvalue weighted by Gasteiger charge is -2.28. The zero-order valence-corrected chi connectivity index (χ0v) is 27.7. The summed E-state index contributed by atoms with van der Waals surface area (Å²) in [5.41, 5.74) is 13.5. The summed E-state index contributed by atoms with van der Waals surface area (Å²) in [6.07, 6.45) is 0. The van der Waals surface area contributed by atoms with Crippen molar-refractivity contribution in [1.29, 1.82) is 0 Å². The highest BCUT2D eigenvalue weighted by molar-refractivity contribution is 6.28. The second-order valence-electron chi connectivity index (χ2n) is 12.9. The zero-order chi connectivity index (χ0) is 33.7. The first-order valence-corrected chi connectivity index (χ1v) is 17.3. The highest BCUT2D eigenvalue weighted by Gasteiger charge is 2.22. The minimum Gasteiger partial charge on any atom is -0.456 e. The summed E-state index contributed by atoms with van der Waals surface area (Å²) in [6.45, 7) is 0. The van der Waals surface area contributed by atoms with E-state index in [1.54, 1.807) is 0 Å². The Morgan fingerprint density at radius 1 is 0.333 bits per heavy atom. The molecule has 10 rings (SSSR count). The largest absolute Gasteiger partial charge is 0.456 e. The number of para-hydroxylation sites is 4. The topological polar surface area (TPSA) is 29.5 Å². The van der Waals surface area contributed by atoms with E-state index in [2.05, 4.69) is 169 Å². The zero-order valence-electron chi connectivity index (χ0n) is 27.7. The average molecular weight is 654 g/mol. The smallest absolute Gasteiger partial charge is 0.144 e. The average Bonchev–Trinajstić information content (AvgIpc) is 3.77. The van der Waals surface area contributed by atoms with Crippen LogP contribution in [0.25, 0.3) is 77.3 Å². The fourth-order valence-corrected chi connectivity index (χ4v) is 7.50. The Hall–Kier alpha value is -6.84. The SMILES string of the molecule is c1ccc(-c2ccc(-c3ccccc3N(c3ccccc3)c3ccc(-c4cc5oc6ccccc6c5c5c4oc4ccccc45)cc3)cc2)cc1. The molecule has 51 heavy (non-hydrogen) atoms. The molecule has 3 heteroatoms. The summed E-state index contributed by atoms with van der Waals surface area (Å²) in [5.74, 6) is 0. The molecular weight excluding hydrogens is 623 g/mol. The molecule has 2 heterocycles. The van der Waals surface area contributed by atoms with Crippen molar-refractivity contribution < 1.29 is 8.83 Å². The first-order valence-electron chi connectivity index (χ1n) is 17.3. The molecule has 0 saturated carbocycles. The van der Waals surface area contributed by atoms with Crippen LogP contribution in [0.2, 0.25) is 0 Å². The van der Waals surface area contributed by atoms with Crippen LogP contribution in [0, 0.1) is 0 Å². The van der Waals surface area contributed by atoms with Crippen molar-refractivity contribution in [3.63, 3.8) is 0 Å². The van der Waals surface area contributed by atoms with Gasteiger partial charge >= 0.3 is 0 Å². The van der Waals surface area contributed by atoms with E-state index < -0.39 is 0 Å². The molecule has 0 spiro atoms. The molecule has 10 aromatic rings. The van der Waals surface area contributed by atoms with Gasteiger partial charge in [0, 0.05) is 44.0 Å². The van der Waals surface area contributed by atoms with E-state index in [0.29, 0.717) is 0 Å². The highest BCUT2D eigenvalue weighted by atomic mass is 16.3. The summed E-state index contributed by atoms with van der Waals surface area (Å²) in [4.78, 5) is 2.34. The van der Waals surface area contributed by atoms with E-state index in [0.717, 1.165) is 83.2 Å². The minimum atomic E-state index is 0.854. The van der Waals surface area contributed by atoms with Gasteiger partial charge in [0.15, 0.2) is 0 Å². The third-order valence-corrected chi connectivity index (χ3v) is 9.89. The Balaban J connectivity index is 1.11. The summed E-state index contributed by atoms with van der Waals surface area (Å²) in [7, 11) is 0. The quantitative estimate of drug-likeness (QED) is 0.179. The Kier molecular flexibility index (Phi) is 6.81. The third kappa shape index (κ3) is 4.90. The molecule has 2 aromatic heterocycles. The van der Waals surface area contributed by atoms with Gasteiger partial charge in [0.1, 0.15) is 22.3 Å². The van der Waals surface area contributed by atoms with Gasteiger partial charge in [-0.3, -0.25) is 0 Å². The predicted octanol–water partition coefficient (Wildman–Crippen LogP) is 14.0. The lowest BCUT2D eigenvalue weighted by Crippen LogP contribution is -2.11. The normalized spacial score (nSPS) is 11.5. The second-order valence-corrected chi connectivity index (χ2v) is 12.9. The summed E-state index contributed by atoms with van der Waals surface area (Å²) in [6, 6.07) is 66.0. The number of rotatable bonds is 6. The van der Waals surface area contributed by atoms with Crippen molar-refractivity contribution >= 4 is 60.9 Å². The number of hydrogen-bond acceptors (Lipinski definition) is 3. The van der Waals surface area contributed by atoms with E-state index in [9.17, 15) is 0 Å². The van der Waals surface area contributed by atoms with Crippen LogP contribution in [0.5, 0.6) is 0 Å². The molecule has 0 radical (unpaired) electrons. The third-order valence-electron chi connectivity index (χ3n) is 9.89. The summed E-state index contributed by atoms with van der Waals surface area (Å²) >= 11 is 0. The molecule has 0 aliphatic carbocycles. The molecule has 8 aromatic carbocycles. The lowest BCUT2D eigenvalue weighted by atomic mass is 9.97. The predicted molar refractivity (Wildman–Crippen MR) is 212 cm³/mol. The highest BCUT2D eigenvalue weighted by Crippen LogP contribution is 2.46. The van der Waals surface area contributed by atoms with Gasteiger partial charge < -0.3 is 13.7 Å². The number of hydrogen-bond donors (Lipinski definition) is 0. The van der Waals surface area contributed by atoms with Crippen LogP contribution >= 0.6 is 0 Å². The fourth-order valence-electron chi connectivity index (χ4n) is 7.50. The van der Waals surface area contributed by atoms with E-state index in [4.69, 9.17) is 8.83 Å². The van der Waals surface area contributed by atoms with Gasteiger partial charge in [-0.05, 0) is 70.8 Å². The van der Waals surface area contributed by atoms with Gasteiger partial charge in [0.25, 0.3) is 0 Å². The van der Waals surface area contributed by atoms with Crippen molar-refractivity contribution in [1.82, 2.24) is 0 Å².